The van der Waals surface area contributed by atoms with E-state index in [1.165, 1.54) is 58.2 Å². The summed E-state index contributed by atoms with van der Waals surface area (Å²) in [6.45, 7) is 5.98. The minimum absolute atomic E-state index is 0.693. The Morgan fingerprint density at radius 2 is 2.05 bits per heavy atom. The molecule has 1 aromatic rings. The molecule has 1 aliphatic carbocycles. The lowest BCUT2D eigenvalue weighted by molar-refractivity contribution is 0.165. The van der Waals surface area contributed by atoms with Crippen LogP contribution in [0.3, 0.4) is 0 Å². The van der Waals surface area contributed by atoms with Gasteiger partial charge in [-0.2, -0.15) is 0 Å². The molecule has 2 heterocycles. The number of nitrogens with one attached hydrogen (secondary N) is 1. The van der Waals surface area contributed by atoms with Crippen LogP contribution in [0.5, 0.6) is 0 Å². The quantitative estimate of drug-likeness (QED) is 0.907. The van der Waals surface area contributed by atoms with E-state index < -0.39 is 0 Å². The van der Waals surface area contributed by atoms with Crippen LogP contribution >= 0.6 is 11.3 Å². The smallest absolute Gasteiger partial charge is 0.0204 e. The number of hydrogen-bond acceptors (Lipinski definition) is 3. The van der Waals surface area contributed by atoms with Gasteiger partial charge in [0.25, 0.3) is 0 Å². The monoisotopic (exact) mass is 292 g/mol. The first kappa shape index (κ1) is 14.6. The maximum atomic E-state index is 3.98. The van der Waals surface area contributed by atoms with Crippen molar-refractivity contribution in [2.24, 2.45) is 0 Å². The van der Waals surface area contributed by atoms with Crippen LogP contribution in [0.25, 0.3) is 0 Å². The van der Waals surface area contributed by atoms with Crippen LogP contribution < -0.4 is 5.32 Å². The zero-order chi connectivity index (χ0) is 13.8. The zero-order valence-corrected chi connectivity index (χ0v) is 13.5. The Balaban J connectivity index is 1.61. The van der Waals surface area contributed by atoms with Crippen LogP contribution in [0.2, 0.25) is 0 Å². The highest BCUT2D eigenvalue weighted by molar-refractivity contribution is 7.10. The van der Waals surface area contributed by atoms with E-state index in [1.54, 1.807) is 4.88 Å². The molecule has 2 nitrogen and oxygen atoms in total. The topological polar surface area (TPSA) is 15.3 Å². The molecule has 1 aliphatic heterocycles. The van der Waals surface area contributed by atoms with Gasteiger partial charge in [0.05, 0.1) is 0 Å². The number of likely N-dealkylation sites (N-methyl/N-ethyl adjacent to an activating group) is 1. The van der Waals surface area contributed by atoms with Crippen LogP contribution in [0.4, 0.5) is 0 Å². The van der Waals surface area contributed by atoms with Gasteiger partial charge in [-0.1, -0.05) is 32.3 Å². The highest BCUT2D eigenvalue weighted by Crippen LogP contribution is 2.31. The Morgan fingerprint density at radius 3 is 2.75 bits per heavy atom. The predicted octanol–water partition coefficient (Wildman–Crippen LogP) is 3.85. The van der Waals surface area contributed by atoms with E-state index in [0.717, 1.165) is 12.0 Å². The molecular weight excluding hydrogens is 264 g/mol. The third-order valence-electron chi connectivity index (χ3n) is 5.00. The normalized spacial score (nSPS) is 29.6. The van der Waals surface area contributed by atoms with Crippen LogP contribution in [-0.2, 0) is 0 Å². The molecule has 2 unspecified atom stereocenters. The second-order valence-electron chi connectivity index (χ2n) is 6.50. The van der Waals surface area contributed by atoms with E-state index in [9.17, 15) is 0 Å². The SMILES string of the molecule is CCN1CC(NC2CCCCC2)CC(c2cccs2)C1. The van der Waals surface area contributed by atoms with Gasteiger partial charge in [0.15, 0.2) is 0 Å². The van der Waals surface area contributed by atoms with Crippen molar-refractivity contribution >= 4 is 11.3 Å². The molecule has 0 spiro atoms. The van der Waals surface area contributed by atoms with Gasteiger partial charge in [-0.15, -0.1) is 11.3 Å². The maximum absolute atomic E-state index is 3.98. The summed E-state index contributed by atoms with van der Waals surface area (Å²) >= 11 is 1.94. The van der Waals surface area contributed by atoms with Crippen molar-refractivity contribution < 1.29 is 0 Å². The summed E-state index contributed by atoms with van der Waals surface area (Å²) < 4.78 is 0. The summed E-state index contributed by atoms with van der Waals surface area (Å²) in [5, 5.41) is 6.20. The Bertz CT molecular complexity index is 384. The summed E-state index contributed by atoms with van der Waals surface area (Å²) in [4.78, 5) is 4.22. The van der Waals surface area contributed by atoms with Crippen molar-refractivity contribution in [3.63, 3.8) is 0 Å². The number of nitrogens with zero attached hydrogens (tertiary/aromatic N) is 1. The number of rotatable bonds is 4. The largest absolute Gasteiger partial charge is 0.310 e. The minimum atomic E-state index is 0.693. The zero-order valence-electron chi connectivity index (χ0n) is 12.7. The molecule has 1 N–H and O–H groups in total. The highest BCUT2D eigenvalue weighted by atomic mass is 32.1. The van der Waals surface area contributed by atoms with Crippen molar-refractivity contribution in [1.82, 2.24) is 10.2 Å². The van der Waals surface area contributed by atoms with E-state index in [0.29, 0.717) is 6.04 Å². The molecule has 2 fully saturated rings. The summed E-state index contributed by atoms with van der Waals surface area (Å²) in [5.74, 6) is 0.741. The van der Waals surface area contributed by atoms with Crippen molar-refractivity contribution in [3.8, 4) is 0 Å². The van der Waals surface area contributed by atoms with Crippen LogP contribution in [0, 0.1) is 0 Å². The lowest BCUT2D eigenvalue weighted by atomic mass is 9.90. The molecule has 20 heavy (non-hydrogen) atoms. The average Bonchev–Trinajstić information content (AvgIpc) is 3.02. The van der Waals surface area contributed by atoms with Gasteiger partial charge in [-0.05, 0) is 37.3 Å². The van der Waals surface area contributed by atoms with Gasteiger partial charge in [0.1, 0.15) is 0 Å². The van der Waals surface area contributed by atoms with Crippen molar-refractivity contribution in [1.29, 1.82) is 0 Å². The molecule has 0 bridgehead atoms. The first-order chi connectivity index (χ1) is 9.85. The van der Waals surface area contributed by atoms with Crippen molar-refractivity contribution in [2.45, 2.75) is 63.5 Å². The molecule has 3 heteroatoms. The third-order valence-corrected chi connectivity index (χ3v) is 6.03. The van der Waals surface area contributed by atoms with Crippen molar-refractivity contribution in [2.75, 3.05) is 19.6 Å². The summed E-state index contributed by atoms with van der Waals surface area (Å²) in [7, 11) is 0. The first-order valence-corrected chi connectivity index (χ1v) is 9.25. The Kier molecular flexibility index (Phi) is 5.14. The van der Waals surface area contributed by atoms with E-state index in [1.807, 2.05) is 11.3 Å². The summed E-state index contributed by atoms with van der Waals surface area (Å²) in [6.07, 6.45) is 8.42. The first-order valence-electron chi connectivity index (χ1n) is 8.37. The molecule has 0 aromatic carbocycles. The van der Waals surface area contributed by atoms with E-state index in [-0.39, 0.29) is 0 Å². The lowest BCUT2D eigenvalue weighted by Gasteiger charge is -2.39. The third kappa shape index (κ3) is 3.63. The number of piperidine rings is 1. The molecule has 3 rings (SSSR count). The highest BCUT2D eigenvalue weighted by Gasteiger charge is 2.29. The minimum Gasteiger partial charge on any atom is -0.310 e. The van der Waals surface area contributed by atoms with E-state index in [2.05, 4.69) is 34.7 Å². The molecule has 1 aromatic heterocycles. The van der Waals surface area contributed by atoms with Gasteiger partial charge in [-0.3, -0.25) is 0 Å². The number of likely N-dealkylation sites (tertiary alicyclic amines) is 1. The number of hydrogen-bond donors (Lipinski definition) is 1. The molecule has 1 saturated carbocycles. The van der Waals surface area contributed by atoms with Gasteiger partial charge in [0, 0.05) is 36.0 Å². The van der Waals surface area contributed by atoms with Gasteiger partial charge >= 0.3 is 0 Å². The predicted molar refractivity (Wildman–Crippen MR) is 87.6 cm³/mol. The lowest BCUT2D eigenvalue weighted by Crippen LogP contribution is -2.51. The van der Waals surface area contributed by atoms with Crippen LogP contribution in [0.15, 0.2) is 17.5 Å². The Labute approximate surface area is 127 Å². The molecule has 1 saturated heterocycles. The summed E-state index contributed by atoms with van der Waals surface area (Å²) in [5.41, 5.74) is 0. The van der Waals surface area contributed by atoms with E-state index in [4.69, 9.17) is 0 Å². The fourth-order valence-electron chi connectivity index (χ4n) is 3.90. The molecule has 112 valence electrons. The average molecular weight is 292 g/mol. The van der Waals surface area contributed by atoms with E-state index >= 15 is 0 Å². The summed E-state index contributed by atoms with van der Waals surface area (Å²) in [6, 6.07) is 6.01. The fraction of sp³-hybridized carbons (Fsp3) is 0.765. The van der Waals surface area contributed by atoms with Gasteiger partial charge < -0.3 is 10.2 Å². The van der Waals surface area contributed by atoms with Crippen molar-refractivity contribution in [3.05, 3.63) is 22.4 Å². The van der Waals surface area contributed by atoms with Gasteiger partial charge in [0.2, 0.25) is 0 Å². The van der Waals surface area contributed by atoms with Crippen LogP contribution in [-0.4, -0.2) is 36.6 Å². The second-order valence-corrected chi connectivity index (χ2v) is 7.48. The van der Waals surface area contributed by atoms with Crippen LogP contribution in [0.1, 0.15) is 56.2 Å². The maximum Gasteiger partial charge on any atom is 0.0204 e. The molecule has 0 radical (unpaired) electrons. The molecular formula is C17H28N2S. The standard InChI is InChI=1S/C17H28N2S/c1-2-19-12-14(17-9-6-10-20-17)11-16(13-19)18-15-7-4-3-5-8-15/h6,9-10,14-16,18H,2-5,7-8,11-13H2,1H3. The molecule has 2 aliphatic rings. The molecule has 2 atom stereocenters. The number of thiophene rings is 1. The van der Waals surface area contributed by atoms with Gasteiger partial charge in [-0.25, -0.2) is 0 Å². The Hall–Kier alpha value is -0.380. The molecule has 0 amide bonds. The fourth-order valence-corrected chi connectivity index (χ4v) is 4.74. The Morgan fingerprint density at radius 1 is 1.20 bits per heavy atom. The second kappa shape index (κ2) is 7.06.